The smallest absolute Gasteiger partial charge is 0.246 e. The van der Waals surface area contributed by atoms with Gasteiger partial charge < -0.3 is 15.5 Å². The molecule has 0 fully saturated rings. The van der Waals surface area contributed by atoms with Crippen molar-refractivity contribution in [2.45, 2.75) is 19.9 Å². The van der Waals surface area contributed by atoms with E-state index in [1.807, 2.05) is 18.2 Å². The van der Waals surface area contributed by atoms with Gasteiger partial charge in [0.25, 0.3) is 0 Å². The number of halogens is 2. The van der Waals surface area contributed by atoms with E-state index in [0.717, 1.165) is 17.7 Å². The molecule has 0 atom stereocenters. The summed E-state index contributed by atoms with van der Waals surface area (Å²) in [5.74, 6) is 0.330. The summed E-state index contributed by atoms with van der Waals surface area (Å²) in [4.78, 5) is 18.5. The lowest BCUT2D eigenvalue weighted by Gasteiger charge is -2.19. The Labute approximate surface area is 176 Å². The molecule has 2 aromatic carbocycles. The number of carbonyl (C=O) groups is 1. The molecule has 3 rings (SSSR count). The van der Waals surface area contributed by atoms with Crippen molar-refractivity contribution < 1.29 is 9.18 Å². The van der Waals surface area contributed by atoms with E-state index in [-0.39, 0.29) is 42.2 Å². The standard InChI is InChI=1S/C20H23FN4O.HI/c1-14-11-15(7-8-17(14)21)12-23-20(22-2)24-13-19(26)25-10-9-16-5-3-4-6-18(16)25;/h3-8,11H,9-10,12-13H2,1-2H3,(H2,22,23,24);1H. The van der Waals surface area contributed by atoms with Gasteiger partial charge in [-0.2, -0.15) is 0 Å². The zero-order valence-electron chi connectivity index (χ0n) is 15.5. The van der Waals surface area contributed by atoms with Gasteiger partial charge in [0, 0.05) is 25.8 Å². The maximum absolute atomic E-state index is 13.3. The third kappa shape index (κ3) is 5.18. The monoisotopic (exact) mass is 482 g/mol. The largest absolute Gasteiger partial charge is 0.352 e. The number of carbonyl (C=O) groups excluding carboxylic acids is 1. The highest BCUT2D eigenvalue weighted by Gasteiger charge is 2.23. The van der Waals surface area contributed by atoms with Gasteiger partial charge >= 0.3 is 0 Å². The molecule has 7 heteroatoms. The molecule has 1 amide bonds. The second-order valence-corrected chi connectivity index (χ2v) is 6.29. The summed E-state index contributed by atoms with van der Waals surface area (Å²) in [6.07, 6.45) is 0.888. The van der Waals surface area contributed by atoms with Crippen LogP contribution in [-0.4, -0.2) is 32.0 Å². The van der Waals surface area contributed by atoms with Crippen LogP contribution in [0.2, 0.25) is 0 Å². The van der Waals surface area contributed by atoms with Crippen molar-refractivity contribution in [1.29, 1.82) is 0 Å². The van der Waals surface area contributed by atoms with E-state index in [4.69, 9.17) is 0 Å². The Hall–Kier alpha value is -2.16. The highest BCUT2D eigenvalue weighted by molar-refractivity contribution is 14.0. The third-order valence-corrected chi connectivity index (χ3v) is 4.50. The number of anilines is 1. The van der Waals surface area contributed by atoms with Crippen molar-refractivity contribution in [3.05, 3.63) is 65.0 Å². The average Bonchev–Trinajstić information content (AvgIpc) is 3.08. The Bertz CT molecular complexity index is 840. The number of hydrogen-bond donors (Lipinski definition) is 2. The molecule has 0 aromatic heterocycles. The number of nitrogens with zero attached hydrogens (tertiary/aromatic N) is 2. The molecule has 1 aliphatic rings. The maximum atomic E-state index is 13.3. The van der Waals surface area contributed by atoms with E-state index in [2.05, 4.69) is 21.7 Å². The predicted octanol–water partition coefficient (Wildman–Crippen LogP) is 3.01. The average molecular weight is 482 g/mol. The van der Waals surface area contributed by atoms with E-state index < -0.39 is 0 Å². The molecule has 0 aliphatic carbocycles. The van der Waals surface area contributed by atoms with Gasteiger partial charge in [0.2, 0.25) is 5.91 Å². The number of guanidine groups is 1. The van der Waals surface area contributed by atoms with Crippen LogP contribution in [0.3, 0.4) is 0 Å². The number of amides is 1. The van der Waals surface area contributed by atoms with Crippen molar-refractivity contribution in [2.24, 2.45) is 4.99 Å². The predicted molar refractivity (Wildman–Crippen MR) is 117 cm³/mol. The number of nitrogens with one attached hydrogen (secondary N) is 2. The van der Waals surface area contributed by atoms with Crippen LogP contribution in [0.25, 0.3) is 0 Å². The van der Waals surface area contributed by atoms with E-state index in [0.29, 0.717) is 24.6 Å². The highest BCUT2D eigenvalue weighted by atomic mass is 127. The van der Waals surface area contributed by atoms with Crippen LogP contribution in [0.5, 0.6) is 0 Å². The van der Waals surface area contributed by atoms with Crippen LogP contribution >= 0.6 is 24.0 Å². The lowest BCUT2D eigenvalue weighted by atomic mass is 10.1. The number of benzene rings is 2. The van der Waals surface area contributed by atoms with Crippen LogP contribution in [0.1, 0.15) is 16.7 Å². The Morgan fingerprint density at radius 3 is 2.74 bits per heavy atom. The fourth-order valence-electron chi connectivity index (χ4n) is 3.08. The lowest BCUT2D eigenvalue weighted by molar-refractivity contribution is -0.117. The maximum Gasteiger partial charge on any atom is 0.246 e. The molecule has 0 spiro atoms. The zero-order valence-corrected chi connectivity index (χ0v) is 17.8. The minimum Gasteiger partial charge on any atom is -0.352 e. The molecule has 2 aromatic rings. The van der Waals surface area contributed by atoms with Gasteiger partial charge in [-0.3, -0.25) is 9.79 Å². The summed E-state index contributed by atoms with van der Waals surface area (Å²) in [6, 6.07) is 13.0. The molecule has 0 saturated carbocycles. The van der Waals surface area contributed by atoms with Crippen molar-refractivity contribution in [3.8, 4) is 0 Å². The first kappa shape index (κ1) is 21.1. The van der Waals surface area contributed by atoms with E-state index in [1.165, 1.54) is 11.6 Å². The van der Waals surface area contributed by atoms with Crippen LogP contribution in [0.4, 0.5) is 10.1 Å². The number of hydrogen-bond acceptors (Lipinski definition) is 2. The lowest BCUT2D eigenvalue weighted by Crippen LogP contribution is -2.44. The van der Waals surface area contributed by atoms with Gasteiger partial charge in [0.1, 0.15) is 5.82 Å². The minimum atomic E-state index is -0.215. The fraction of sp³-hybridized carbons (Fsp3) is 0.300. The van der Waals surface area contributed by atoms with E-state index >= 15 is 0 Å². The molecule has 0 unspecified atom stereocenters. The Morgan fingerprint density at radius 1 is 1.22 bits per heavy atom. The molecular formula is C20H24FIN4O. The summed E-state index contributed by atoms with van der Waals surface area (Å²) < 4.78 is 13.3. The summed E-state index contributed by atoms with van der Waals surface area (Å²) >= 11 is 0. The molecule has 1 heterocycles. The number of rotatable bonds is 4. The van der Waals surface area contributed by atoms with Gasteiger partial charge in [-0.05, 0) is 42.2 Å². The fourth-order valence-corrected chi connectivity index (χ4v) is 3.08. The number of para-hydroxylation sites is 1. The first-order valence-electron chi connectivity index (χ1n) is 8.66. The van der Waals surface area contributed by atoms with Crippen molar-refractivity contribution in [3.63, 3.8) is 0 Å². The number of aryl methyl sites for hydroxylation is 1. The molecule has 0 bridgehead atoms. The molecule has 0 radical (unpaired) electrons. The molecule has 2 N–H and O–H groups in total. The van der Waals surface area contributed by atoms with E-state index in [9.17, 15) is 9.18 Å². The Balaban J connectivity index is 0.00000261. The molecule has 5 nitrogen and oxygen atoms in total. The van der Waals surface area contributed by atoms with E-state index in [1.54, 1.807) is 31.0 Å². The molecule has 144 valence electrons. The molecule has 27 heavy (non-hydrogen) atoms. The van der Waals surface area contributed by atoms with Gasteiger partial charge in [-0.1, -0.05) is 30.3 Å². The van der Waals surface area contributed by atoms with Gasteiger partial charge in [0.15, 0.2) is 5.96 Å². The second kappa shape index (κ2) is 9.68. The molecule has 0 saturated heterocycles. The first-order valence-corrected chi connectivity index (χ1v) is 8.66. The summed E-state index contributed by atoms with van der Waals surface area (Å²) in [5.41, 5.74) is 3.75. The number of aliphatic imine (C=N–C) groups is 1. The first-order chi connectivity index (χ1) is 12.6. The van der Waals surface area contributed by atoms with Crippen molar-refractivity contribution in [1.82, 2.24) is 10.6 Å². The SMILES string of the molecule is CN=C(NCC(=O)N1CCc2ccccc21)NCc1ccc(F)c(C)c1.I. The minimum absolute atomic E-state index is 0. The summed E-state index contributed by atoms with van der Waals surface area (Å²) in [7, 11) is 1.65. The third-order valence-electron chi connectivity index (χ3n) is 4.50. The van der Waals surface area contributed by atoms with Crippen LogP contribution < -0.4 is 15.5 Å². The van der Waals surface area contributed by atoms with Gasteiger partial charge in [-0.15, -0.1) is 24.0 Å². The number of fused-ring (bicyclic) bond motifs is 1. The normalized spacial score (nSPS) is 13.0. The summed E-state index contributed by atoms with van der Waals surface area (Å²) in [5, 5.41) is 6.19. The van der Waals surface area contributed by atoms with Gasteiger partial charge in [-0.25, -0.2) is 4.39 Å². The Morgan fingerprint density at radius 2 is 2.00 bits per heavy atom. The second-order valence-electron chi connectivity index (χ2n) is 6.29. The van der Waals surface area contributed by atoms with Crippen molar-refractivity contribution >= 4 is 41.5 Å². The zero-order chi connectivity index (χ0) is 18.5. The Kier molecular flexibility index (Phi) is 7.58. The summed E-state index contributed by atoms with van der Waals surface area (Å²) in [6.45, 7) is 3.11. The molecule has 1 aliphatic heterocycles. The van der Waals surface area contributed by atoms with Crippen LogP contribution in [0.15, 0.2) is 47.5 Å². The molecular weight excluding hydrogens is 458 g/mol. The van der Waals surface area contributed by atoms with Crippen LogP contribution in [0, 0.1) is 12.7 Å². The van der Waals surface area contributed by atoms with Crippen LogP contribution in [-0.2, 0) is 17.8 Å². The quantitative estimate of drug-likeness (QED) is 0.401. The topological polar surface area (TPSA) is 56.7 Å². The van der Waals surface area contributed by atoms with Crippen molar-refractivity contribution in [2.75, 3.05) is 25.0 Å². The highest BCUT2D eigenvalue weighted by Crippen LogP contribution is 2.27. The van der Waals surface area contributed by atoms with Gasteiger partial charge in [0.05, 0.1) is 6.54 Å².